The highest BCUT2D eigenvalue weighted by atomic mass is 16.2. The van der Waals surface area contributed by atoms with Crippen LogP contribution in [0.2, 0.25) is 0 Å². The van der Waals surface area contributed by atoms with Crippen LogP contribution in [0, 0.1) is 0 Å². The average molecular weight is 767 g/mol. The number of hydrogen-bond acceptors (Lipinski definition) is 2. The van der Waals surface area contributed by atoms with Gasteiger partial charge in [-0.3, -0.25) is 18.4 Å². The van der Waals surface area contributed by atoms with E-state index in [1.807, 2.05) is 28.8 Å². The van der Waals surface area contributed by atoms with Crippen LogP contribution in [0.15, 0.2) is 192 Å². The molecular formula is C54H30N4O2. The summed E-state index contributed by atoms with van der Waals surface area (Å²) in [5.41, 5.74) is 13.0. The van der Waals surface area contributed by atoms with Gasteiger partial charge in [0, 0.05) is 32.3 Å². The lowest BCUT2D eigenvalue weighted by Gasteiger charge is -2.12. The second kappa shape index (κ2) is 11.2. The Labute approximate surface area is 340 Å². The molecule has 60 heavy (non-hydrogen) atoms. The highest BCUT2D eigenvalue weighted by Crippen LogP contribution is 2.48. The monoisotopic (exact) mass is 766 g/mol. The smallest absolute Gasteiger partial charge is 0.284 e. The quantitative estimate of drug-likeness (QED) is 0.179. The predicted molar refractivity (Wildman–Crippen MR) is 246 cm³/mol. The Balaban J connectivity index is 1.22. The van der Waals surface area contributed by atoms with Crippen LogP contribution in [0.1, 0.15) is 0 Å². The maximum atomic E-state index is 15.5. The number of nitrogens with zero attached hydrogens (tertiary/aromatic N) is 4. The van der Waals surface area contributed by atoms with Crippen molar-refractivity contribution in [3.63, 3.8) is 0 Å². The van der Waals surface area contributed by atoms with Crippen LogP contribution >= 0.6 is 0 Å². The van der Waals surface area contributed by atoms with Crippen LogP contribution in [0.5, 0.6) is 0 Å². The molecule has 0 aliphatic carbocycles. The van der Waals surface area contributed by atoms with Gasteiger partial charge in [-0.05, 0) is 56.6 Å². The van der Waals surface area contributed by atoms with Gasteiger partial charge in [0.25, 0.3) is 11.1 Å². The molecule has 0 radical (unpaired) electrons. The summed E-state index contributed by atoms with van der Waals surface area (Å²) in [6.45, 7) is 0. The van der Waals surface area contributed by atoms with Gasteiger partial charge in [0.15, 0.2) is 11.3 Å². The van der Waals surface area contributed by atoms with E-state index in [0.29, 0.717) is 22.1 Å². The molecule has 0 spiro atoms. The molecule has 0 N–H and O–H groups in total. The van der Waals surface area contributed by atoms with Crippen molar-refractivity contribution in [2.75, 3.05) is 0 Å². The first-order valence-corrected chi connectivity index (χ1v) is 20.3. The van der Waals surface area contributed by atoms with Gasteiger partial charge in [-0.2, -0.15) is 4.52 Å². The van der Waals surface area contributed by atoms with Gasteiger partial charge >= 0.3 is 0 Å². The SMILES string of the molecule is O=c1c2c3c(-c4ccccc4-c4ccccc4)ccc4c5ccccc5n(c43)c2n2c3c(c(=O)n12)c1c(-c2ccccc2-c2ccccc2)ccc2c4ccccc4n3c21. The molecule has 6 aromatic heterocycles. The fourth-order valence-corrected chi connectivity index (χ4v) is 10.7. The van der Waals surface area contributed by atoms with Crippen molar-refractivity contribution in [1.82, 2.24) is 17.8 Å². The minimum atomic E-state index is -0.320. The Kier molecular flexibility index (Phi) is 5.96. The fourth-order valence-electron chi connectivity index (χ4n) is 10.7. The summed E-state index contributed by atoms with van der Waals surface area (Å²) in [5, 5.41) is 7.11. The van der Waals surface area contributed by atoms with E-state index < -0.39 is 0 Å². The van der Waals surface area contributed by atoms with Gasteiger partial charge in [0.1, 0.15) is 0 Å². The van der Waals surface area contributed by atoms with Gasteiger partial charge in [-0.1, -0.05) is 170 Å². The number of para-hydroxylation sites is 2. The van der Waals surface area contributed by atoms with Crippen molar-refractivity contribution in [3.8, 4) is 44.5 Å². The van der Waals surface area contributed by atoms with Crippen molar-refractivity contribution in [2.45, 2.75) is 0 Å². The molecule has 0 saturated carbocycles. The van der Waals surface area contributed by atoms with Crippen molar-refractivity contribution >= 4 is 76.5 Å². The number of aromatic nitrogens is 4. The van der Waals surface area contributed by atoms with Crippen LogP contribution in [-0.4, -0.2) is 17.8 Å². The Morgan fingerprint density at radius 1 is 0.283 bits per heavy atom. The van der Waals surface area contributed by atoms with Crippen molar-refractivity contribution < 1.29 is 0 Å². The first-order chi connectivity index (χ1) is 29.7. The highest BCUT2D eigenvalue weighted by molar-refractivity contribution is 6.29. The largest absolute Gasteiger partial charge is 0.292 e. The van der Waals surface area contributed by atoms with E-state index in [9.17, 15) is 0 Å². The maximum absolute atomic E-state index is 15.5. The zero-order valence-corrected chi connectivity index (χ0v) is 31.9. The van der Waals surface area contributed by atoms with Gasteiger partial charge in [0.05, 0.1) is 32.8 Å². The number of hydrogen-bond donors (Lipinski definition) is 0. The van der Waals surface area contributed by atoms with E-state index in [1.54, 1.807) is 0 Å². The van der Waals surface area contributed by atoms with Crippen LogP contribution in [0.4, 0.5) is 0 Å². The maximum Gasteiger partial charge on any atom is 0.284 e. The first-order valence-electron chi connectivity index (χ1n) is 20.3. The summed E-state index contributed by atoms with van der Waals surface area (Å²) in [6.07, 6.45) is 0. The predicted octanol–water partition coefficient (Wildman–Crippen LogP) is 12.2. The Bertz CT molecular complexity index is 3940. The molecule has 0 aliphatic rings. The third-order valence-electron chi connectivity index (χ3n) is 13.1. The van der Waals surface area contributed by atoms with Crippen LogP contribution in [-0.2, 0) is 0 Å². The molecule has 0 atom stereocenters. The number of rotatable bonds is 4. The normalized spacial score (nSPS) is 12.5. The van der Waals surface area contributed by atoms with Crippen LogP contribution in [0.3, 0.4) is 0 Å². The molecule has 0 saturated heterocycles. The lowest BCUT2D eigenvalue weighted by atomic mass is 9.91. The summed E-state index contributed by atoms with van der Waals surface area (Å²) < 4.78 is 7.82. The summed E-state index contributed by atoms with van der Waals surface area (Å²) >= 11 is 0. The fraction of sp³-hybridized carbons (Fsp3) is 0. The Hall–Kier alpha value is -8.22. The number of fused-ring (bicyclic) bond motifs is 15. The lowest BCUT2D eigenvalue weighted by Crippen LogP contribution is -2.22. The van der Waals surface area contributed by atoms with E-state index >= 15 is 9.59 Å². The molecule has 14 rings (SSSR count). The van der Waals surface area contributed by atoms with E-state index in [0.717, 1.165) is 98.9 Å². The van der Waals surface area contributed by atoms with E-state index in [-0.39, 0.29) is 11.1 Å². The molecule has 278 valence electrons. The van der Waals surface area contributed by atoms with Crippen LogP contribution in [0.25, 0.3) is 121 Å². The van der Waals surface area contributed by atoms with E-state index in [1.165, 1.54) is 4.52 Å². The zero-order valence-electron chi connectivity index (χ0n) is 31.9. The second-order valence-electron chi connectivity index (χ2n) is 15.9. The molecule has 8 aromatic carbocycles. The molecule has 0 amide bonds. The Morgan fingerprint density at radius 2 is 0.667 bits per heavy atom. The molecule has 6 nitrogen and oxygen atoms in total. The van der Waals surface area contributed by atoms with Gasteiger partial charge < -0.3 is 0 Å². The molecule has 14 aromatic rings. The summed E-state index contributed by atoms with van der Waals surface area (Å²) in [4.78, 5) is 31.0. The van der Waals surface area contributed by atoms with Crippen molar-refractivity contribution in [3.05, 3.63) is 203 Å². The first kappa shape index (κ1) is 31.8. The standard InChI is InChI=1S/C54H30N4O2/c59-53-47-45-39(35-21-9-7-19-33(35)31-15-3-1-4-16-31)27-29-41-37-23-11-13-25-43(37)55(49(41)45)51(47)57-52-48(54(60)58(53)57)46-40(36-22-10-8-20-34(36)32-17-5-2-6-18-32)28-30-42-38-24-12-14-26-44(38)56(52)50(42)46/h1-30H. The summed E-state index contributed by atoms with van der Waals surface area (Å²) in [6, 6.07) is 63.1. The summed E-state index contributed by atoms with van der Waals surface area (Å²) in [7, 11) is 0. The number of benzene rings is 8. The molecule has 0 unspecified atom stereocenters. The van der Waals surface area contributed by atoms with E-state index in [2.05, 4.69) is 167 Å². The average Bonchev–Trinajstić information content (AvgIpc) is 4.13. The zero-order chi connectivity index (χ0) is 39.4. The summed E-state index contributed by atoms with van der Waals surface area (Å²) in [5.74, 6) is 0. The molecule has 0 aliphatic heterocycles. The molecule has 6 heteroatoms. The third-order valence-corrected chi connectivity index (χ3v) is 13.1. The van der Waals surface area contributed by atoms with E-state index in [4.69, 9.17) is 0 Å². The third kappa shape index (κ3) is 3.75. The molecular weight excluding hydrogens is 737 g/mol. The molecule has 0 fully saturated rings. The highest BCUT2D eigenvalue weighted by Gasteiger charge is 2.33. The van der Waals surface area contributed by atoms with Crippen molar-refractivity contribution in [1.29, 1.82) is 0 Å². The minimum absolute atomic E-state index is 0.320. The van der Waals surface area contributed by atoms with Gasteiger partial charge in [-0.15, -0.1) is 0 Å². The minimum Gasteiger partial charge on any atom is -0.292 e. The lowest BCUT2D eigenvalue weighted by molar-refractivity contribution is 0.823. The van der Waals surface area contributed by atoms with Gasteiger partial charge in [-0.25, -0.2) is 4.52 Å². The van der Waals surface area contributed by atoms with Gasteiger partial charge in [0.2, 0.25) is 0 Å². The Morgan fingerprint density at radius 3 is 1.12 bits per heavy atom. The second-order valence-corrected chi connectivity index (χ2v) is 15.9. The topological polar surface area (TPSA) is 51.8 Å². The van der Waals surface area contributed by atoms with Crippen molar-refractivity contribution in [2.24, 2.45) is 0 Å². The molecule has 6 heterocycles. The van der Waals surface area contributed by atoms with Crippen LogP contribution < -0.4 is 11.1 Å². The molecule has 0 bridgehead atoms.